The van der Waals surface area contributed by atoms with Gasteiger partial charge in [-0.1, -0.05) is 0 Å². The van der Waals surface area contributed by atoms with Crippen molar-refractivity contribution in [2.45, 2.75) is 33.6 Å². The molecule has 4 rings (SSSR count). The van der Waals surface area contributed by atoms with Crippen molar-refractivity contribution in [3.05, 3.63) is 59.1 Å². The van der Waals surface area contributed by atoms with Gasteiger partial charge in [0.2, 0.25) is 0 Å². The second-order valence-corrected chi connectivity index (χ2v) is 14.4. The van der Waals surface area contributed by atoms with Crippen LogP contribution < -0.4 is 10.9 Å². The van der Waals surface area contributed by atoms with Gasteiger partial charge in [0, 0.05) is 0 Å². The average molecular weight is 566 g/mol. The molecule has 2 aliphatic rings. The summed E-state index contributed by atoms with van der Waals surface area (Å²) in [5.74, 6) is -0.682. The van der Waals surface area contributed by atoms with Gasteiger partial charge in [-0.05, 0) is 0 Å². The Bertz CT molecular complexity index is 1200. The average Bonchev–Trinajstić information content (AvgIpc) is 3.17. The molecule has 3 amide bonds. The summed E-state index contributed by atoms with van der Waals surface area (Å²) in [5, 5.41) is 2.67. The van der Waals surface area contributed by atoms with Crippen LogP contribution in [0.4, 0.5) is 5.95 Å². The number of benzene rings is 1. The van der Waals surface area contributed by atoms with Crippen molar-refractivity contribution in [1.82, 2.24) is 14.9 Å². The van der Waals surface area contributed by atoms with E-state index < -0.39 is 23.8 Å². The van der Waals surface area contributed by atoms with Crippen molar-refractivity contribution >= 4 is 57.5 Å². The molecule has 2 aliphatic heterocycles. The quantitative estimate of drug-likeness (QED) is 0.221. The number of carbonyl (C=O) groups is 3. The van der Waals surface area contributed by atoms with Crippen LogP contribution in [0.5, 0.6) is 0 Å². The molecule has 0 atom stereocenters. The minimum absolute atomic E-state index is 0.130. The van der Waals surface area contributed by atoms with E-state index in [0.717, 1.165) is 5.57 Å². The summed E-state index contributed by atoms with van der Waals surface area (Å²) < 4.78 is 2.64. The molecule has 0 aliphatic carbocycles. The topological polar surface area (TPSA) is 112 Å². The summed E-state index contributed by atoms with van der Waals surface area (Å²) in [6.07, 6.45) is 1.05. The van der Waals surface area contributed by atoms with Gasteiger partial charge in [-0.3, -0.25) is 0 Å². The molecule has 168 valence electrons. The van der Waals surface area contributed by atoms with Crippen molar-refractivity contribution < 1.29 is 14.4 Å². The fourth-order valence-corrected chi connectivity index (χ4v) is 8.37. The molecule has 1 aromatic heterocycles. The fraction of sp³-hybridized carbons (Fsp3) is 0.318. The van der Waals surface area contributed by atoms with Crippen LogP contribution in [-0.2, 0) is 4.79 Å². The Morgan fingerprint density at radius 3 is 2.38 bits per heavy atom. The number of hydrogen-bond acceptors (Lipinski definition) is 6. The predicted molar refractivity (Wildman–Crippen MR) is 134 cm³/mol. The molecule has 0 saturated carbocycles. The van der Waals surface area contributed by atoms with E-state index in [1.165, 1.54) is 4.90 Å². The number of anilines is 1. The number of H-pyrrole nitrogens is 1. The number of aromatic amines is 1. The van der Waals surface area contributed by atoms with Gasteiger partial charge in [-0.25, -0.2) is 0 Å². The third-order valence-corrected chi connectivity index (χ3v) is 10.1. The van der Waals surface area contributed by atoms with Crippen molar-refractivity contribution in [3.8, 4) is 0 Å². The Kier molecular flexibility index (Phi) is 6.01. The van der Waals surface area contributed by atoms with Crippen LogP contribution in [0.2, 0.25) is 0 Å². The summed E-state index contributed by atoms with van der Waals surface area (Å²) >= 11 is -2.08. The number of nitrogens with zero attached hydrogens (tertiary/aromatic N) is 2. The van der Waals surface area contributed by atoms with Gasteiger partial charge in [0.1, 0.15) is 0 Å². The molecule has 2 aromatic rings. The molecule has 0 radical (unpaired) electrons. The number of thiol groups is 1. The number of halogens is 1. The Morgan fingerprint density at radius 2 is 1.78 bits per heavy atom. The number of rotatable bonds is 5. The number of nitrogens with one attached hydrogen (secondary N) is 2. The van der Waals surface area contributed by atoms with Crippen LogP contribution >= 0.6 is 28.2 Å². The summed E-state index contributed by atoms with van der Waals surface area (Å²) in [4.78, 5) is 58.4. The normalized spacial score (nSPS) is 16.2. The zero-order chi connectivity index (χ0) is 23.2. The summed E-state index contributed by atoms with van der Waals surface area (Å²) in [6, 6.07) is 6.79. The summed E-state index contributed by atoms with van der Waals surface area (Å²) in [6.45, 7) is 5.60. The molecular formula is C22H23IN4O4S. The van der Waals surface area contributed by atoms with Gasteiger partial charge in [0.25, 0.3) is 0 Å². The molecule has 2 N–H and O–H groups in total. The van der Waals surface area contributed by atoms with Crippen molar-refractivity contribution in [2.75, 3.05) is 11.9 Å². The predicted octanol–water partition coefficient (Wildman–Crippen LogP) is 3.71. The van der Waals surface area contributed by atoms with Crippen LogP contribution in [0.25, 0.3) is 5.57 Å². The van der Waals surface area contributed by atoms with Gasteiger partial charge < -0.3 is 0 Å². The number of carbonyl (C=O) groups excluding carboxylic acids is 3. The first kappa shape index (κ1) is 22.7. The van der Waals surface area contributed by atoms with Gasteiger partial charge in [0.05, 0.1) is 0 Å². The fourth-order valence-electron chi connectivity index (χ4n) is 3.50. The first-order valence-corrected chi connectivity index (χ1v) is 15.6. The number of fused-ring (bicyclic) bond motifs is 2. The van der Waals surface area contributed by atoms with Crippen LogP contribution in [0, 0.1) is 9.12 Å². The monoisotopic (exact) mass is 566 g/mol. The van der Waals surface area contributed by atoms with Crippen LogP contribution in [0.1, 0.15) is 59.9 Å². The van der Waals surface area contributed by atoms with E-state index in [1.807, 2.05) is 4.08 Å². The Labute approximate surface area is 196 Å². The van der Waals surface area contributed by atoms with Crippen LogP contribution in [-0.4, -0.2) is 39.1 Å². The standard InChI is InChI=1S/C22H23IN4O4S/c1-22(2,3)20(31)26-21-24-16-15(17(28)25-21)12(11-23(16)32)7-6-10-27-18(29)13-8-4-5-9-14(13)19(27)30/h4-5,8-9,11,32H,6-7,10H2,1-3H3,(H2,24,25,26,28,31). The van der Waals surface area contributed by atoms with E-state index in [0.29, 0.717) is 33.2 Å². The molecule has 0 unspecified atom stereocenters. The maximum atomic E-state index is 12.8. The van der Waals surface area contributed by atoms with Crippen LogP contribution in [0.3, 0.4) is 0 Å². The Hall–Kier alpha value is -2.47. The summed E-state index contributed by atoms with van der Waals surface area (Å²) in [5.41, 5.74) is 1.25. The van der Waals surface area contributed by atoms with E-state index in [9.17, 15) is 19.2 Å². The molecule has 32 heavy (non-hydrogen) atoms. The molecule has 8 nitrogen and oxygen atoms in total. The first-order chi connectivity index (χ1) is 15.1. The molecule has 0 saturated heterocycles. The number of amides is 3. The zero-order valence-corrected chi connectivity index (χ0v) is 20.9. The molecule has 1 aromatic carbocycles. The minimum atomic E-state index is -2.08. The van der Waals surface area contributed by atoms with E-state index >= 15 is 0 Å². The first-order valence-electron chi connectivity index (χ1n) is 10.1. The van der Waals surface area contributed by atoms with Crippen molar-refractivity contribution in [3.63, 3.8) is 0 Å². The molecule has 3 heterocycles. The van der Waals surface area contributed by atoms with Crippen LogP contribution in [0.15, 0.2) is 33.1 Å². The molecular weight excluding hydrogens is 543 g/mol. The second-order valence-electron chi connectivity index (χ2n) is 8.62. The van der Waals surface area contributed by atoms with E-state index in [4.69, 9.17) is 0 Å². The van der Waals surface area contributed by atoms with E-state index in [2.05, 4.69) is 25.1 Å². The third-order valence-electron chi connectivity index (χ3n) is 5.23. The van der Waals surface area contributed by atoms with Gasteiger partial charge in [-0.2, -0.15) is 0 Å². The van der Waals surface area contributed by atoms with E-state index in [-0.39, 0.29) is 35.8 Å². The van der Waals surface area contributed by atoms with Crippen molar-refractivity contribution in [2.24, 2.45) is 5.41 Å². The molecule has 0 bridgehead atoms. The Morgan fingerprint density at radius 1 is 1.16 bits per heavy atom. The van der Waals surface area contributed by atoms with E-state index in [1.54, 1.807) is 45.0 Å². The molecule has 0 fully saturated rings. The van der Waals surface area contributed by atoms with Gasteiger partial charge in [-0.15, -0.1) is 0 Å². The summed E-state index contributed by atoms with van der Waals surface area (Å²) in [7, 11) is 4.68. The SMILES string of the molecule is CC(C)(C)C(=O)Nc1nc2c(c(=O)[nH]1)C(CCCN1C(=O)c3ccccc3C1=O)=CI2S. The zero-order valence-electron chi connectivity index (χ0n) is 17.9. The number of aromatic nitrogens is 2. The number of allylic oxidation sites excluding steroid dienone is 1. The van der Waals surface area contributed by atoms with Gasteiger partial charge >= 0.3 is 197 Å². The molecule has 0 spiro atoms. The van der Waals surface area contributed by atoms with Crippen molar-refractivity contribution in [1.29, 1.82) is 0 Å². The van der Waals surface area contributed by atoms with Gasteiger partial charge in [0.15, 0.2) is 0 Å². The third kappa shape index (κ3) is 4.13. The second kappa shape index (κ2) is 8.47. The number of imide groups is 1. The number of hydrogen-bond donors (Lipinski definition) is 3. The molecule has 10 heteroatoms. The maximum absolute atomic E-state index is 12.8. The Balaban J connectivity index is 1.46.